The number of hydrogen-bond donors (Lipinski definition) is 0. The lowest BCUT2D eigenvalue weighted by Gasteiger charge is -2.33. The van der Waals surface area contributed by atoms with E-state index in [0.29, 0.717) is 18.1 Å². The average molecular weight is 404 g/mol. The summed E-state index contributed by atoms with van der Waals surface area (Å²) < 4.78 is 13.4. The third-order valence-corrected chi connectivity index (χ3v) is 5.48. The van der Waals surface area contributed by atoms with Crippen molar-refractivity contribution in [1.29, 1.82) is 0 Å². The highest BCUT2D eigenvalue weighted by molar-refractivity contribution is 5.94. The number of anilines is 1. The average Bonchev–Trinajstić information content (AvgIpc) is 2.79. The van der Waals surface area contributed by atoms with Gasteiger partial charge in [0.25, 0.3) is 5.91 Å². The number of piperidine rings is 1. The highest BCUT2D eigenvalue weighted by Crippen LogP contribution is 2.34. The van der Waals surface area contributed by atoms with Crippen molar-refractivity contribution in [3.05, 3.63) is 77.9 Å². The van der Waals surface area contributed by atoms with E-state index in [4.69, 9.17) is 4.98 Å². The summed E-state index contributed by atoms with van der Waals surface area (Å²) in [5.74, 6) is 0.490. The van der Waals surface area contributed by atoms with Crippen LogP contribution in [0.3, 0.4) is 0 Å². The van der Waals surface area contributed by atoms with Crippen LogP contribution < -0.4 is 4.90 Å². The molecule has 1 fully saturated rings. The third-order valence-electron chi connectivity index (χ3n) is 5.48. The van der Waals surface area contributed by atoms with Gasteiger partial charge in [0.15, 0.2) is 0 Å². The smallest absolute Gasteiger partial charge is 0.253 e. The van der Waals surface area contributed by atoms with Gasteiger partial charge in [-0.2, -0.15) is 0 Å². The molecule has 1 aromatic heterocycles. The Labute approximate surface area is 176 Å². The molecule has 0 saturated carbocycles. The number of carbonyl (C=O) groups is 1. The van der Waals surface area contributed by atoms with Crippen molar-refractivity contribution in [3.63, 3.8) is 0 Å². The predicted molar refractivity (Wildman–Crippen MR) is 116 cm³/mol. The molecule has 1 aliphatic heterocycles. The number of nitrogens with zero attached hydrogens (tertiary/aromatic N) is 4. The molecule has 5 nitrogen and oxygen atoms in total. The number of rotatable bonds is 4. The van der Waals surface area contributed by atoms with Gasteiger partial charge in [0.1, 0.15) is 5.82 Å². The van der Waals surface area contributed by atoms with Gasteiger partial charge in [-0.3, -0.25) is 4.79 Å². The first-order chi connectivity index (χ1) is 14.5. The molecular weight excluding hydrogens is 379 g/mol. The fourth-order valence-corrected chi connectivity index (χ4v) is 3.91. The highest BCUT2D eigenvalue weighted by atomic mass is 19.1. The number of hydrogen-bond acceptors (Lipinski definition) is 4. The second kappa shape index (κ2) is 8.61. The Bertz CT molecular complexity index is 1020. The van der Waals surface area contributed by atoms with Crippen molar-refractivity contribution < 1.29 is 9.18 Å². The molecule has 2 aromatic carbocycles. The van der Waals surface area contributed by atoms with Gasteiger partial charge in [-0.05, 0) is 42.7 Å². The zero-order valence-electron chi connectivity index (χ0n) is 17.3. The topological polar surface area (TPSA) is 49.3 Å². The molecule has 1 atom stereocenters. The van der Waals surface area contributed by atoms with Crippen LogP contribution in [0.2, 0.25) is 0 Å². The molecule has 0 aliphatic carbocycles. The Morgan fingerprint density at radius 1 is 1.10 bits per heavy atom. The molecule has 1 saturated heterocycles. The lowest BCUT2D eigenvalue weighted by molar-refractivity contribution is 0.0706. The van der Waals surface area contributed by atoms with E-state index in [0.717, 1.165) is 36.2 Å². The van der Waals surface area contributed by atoms with Crippen LogP contribution in [0.25, 0.3) is 11.1 Å². The van der Waals surface area contributed by atoms with E-state index < -0.39 is 0 Å². The van der Waals surface area contributed by atoms with Crippen LogP contribution in [-0.4, -0.2) is 48.0 Å². The van der Waals surface area contributed by atoms with E-state index in [9.17, 15) is 9.18 Å². The van der Waals surface area contributed by atoms with Crippen LogP contribution in [0.5, 0.6) is 0 Å². The van der Waals surface area contributed by atoms with E-state index in [1.54, 1.807) is 12.1 Å². The van der Waals surface area contributed by atoms with Gasteiger partial charge in [0.2, 0.25) is 5.95 Å². The lowest BCUT2D eigenvalue weighted by atomic mass is 9.89. The Balaban J connectivity index is 1.68. The first kappa shape index (κ1) is 20.0. The van der Waals surface area contributed by atoms with Crippen molar-refractivity contribution in [2.24, 2.45) is 0 Å². The second-order valence-electron chi connectivity index (χ2n) is 7.83. The van der Waals surface area contributed by atoms with Crippen molar-refractivity contribution in [1.82, 2.24) is 14.9 Å². The molecule has 1 aliphatic rings. The minimum Gasteiger partial charge on any atom is -0.347 e. The van der Waals surface area contributed by atoms with Crippen LogP contribution in [0.15, 0.2) is 60.8 Å². The molecule has 0 radical (unpaired) electrons. The maximum atomic E-state index is 13.4. The van der Waals surface area contributed by atoms with E-state index in [-0.39, 0.29) is 17.6 Å². The van der Waals surface area contributed by atoms with Crippen LogP contribution in [0.1, 0.15) is 34.8 Å². The fraction of sp³-hybridized carbons (Fsp3) is 0.292. The van der Waals surface area contributed by atoms with E-state index in [2.05, 4.69) is 4.98 Å². The first-order valence-electron chi connectivity index (χ1n) is 10.2. The summed E-state index contributed by atoms with van der Waals surface area (Å²) in [5.41, 5.74) is 3.38. The van der Waals surface area contributed by atoms with Gasteiger partial charge in [-0.25, -0.2) is 14.4 Å². The van der Waals surface area contributed by atoms with Gasteiger partial charge in [0.05, 0.1) is 5.69 Å². The summed E-state index contributed by atoms with van der Waals surface area (Å²) in [5, 5.41) is 0. The maximum Gasteiger partial charge on any atom is 0.253 e. The molecule has 6 heteroatoms. The van der Waals surface area contributed by atoms with Crippen LogP contribution in [0.4, 0.5) is 10.3 Å². The van der Waals surface area contributed by atoms with Crippen molar-refractivity contribution in [2.75, 3.05) is 32.1 Å². The molecule has 0 N–H and O–H groups in total. The number of benzene rings is 2. The largest absolute Gasteiger partial charge is 0.347 e. The first-order valence-corrected chi connectivity index (χ1v) is 10.2. The molecule has 30 heavy (non-hydrogen) atoms. The van der Waals surface area contributed by atoms with Gasteiger partial charge in [0, 0.05) is 50.4 Å². The summed E-state index contributed by atoms with van der Waals surface area (Å²) in [6, 6.07) is 15.8. The fourth-order valence-electron chi connectivity index (χ4n) is 3.91. The zero-order valence-corrected chi connectivity index (χ0v) is 17.3. The monoisotopic (exact) mass is 404 g/mol. The highest BCUT2D eigenvalue weighted by Gasteiger charge is 2.28. The Morgan fingerprint density at radius 2 is 1.83 bits per heavy atom. The summed E-state index contributed by atoms with van der Waals surface area (Å²) in [6.07, 6.45) is 3.66. The molecule has 0 spiro atoms. The molecule has 4 rings (SSSR count). The minimum atomic E-state index is -0.275. The minimum absolute atomic E-state index is 0.0468. The second-order valence-corrected chi connectivity index (χ2v) is 7.83. The summed E-state index contributed by atoms with van der Waals surface area (Å²) in [4.78, 5) is 26.1. The molecule has 0 unspecified atom stereocenters. The number of aromatic nitrogens is 2. The molecule has 2 heterocycles. The lowest BCUT2D eigenvalue weighted by Crippen LogP contribution is -2.39. The zero-order chi connectivity index (χ0) is 21.1. The number of halogens is 1. The van der Waals surface area contributed by atoms with Gasteiger partial charge >= 0.3 is 0 Å². The molecule has 1 amide bonds. The van der Waals surface area contributed by atoms with Crippen LogP contribution >= 0.6 is 0 Å². The molecule has 0 bridgehead atoms. The molecule has 154 valence electrons. The number of carbonyl (C=O) groups excluding carboxylic acids is 1. The maximum absolute atomic E-state index is 13.4. The standard InChI is InChI=1S/C24H25FN4O/c1-28(2)24-26-15-21(17-10-12-20(25)13-11-17)22(27-24)19-9-6-14-29(16-19)23(30)18-7-4-3-5-8-18/h3-5,7-8,10-13,15,19H,6,9,14,16H2,1-2H3/t19-/m0/s1. The Hall–Kier alpha value is -3.28. The quantitative estimate of drug-likeness (QED) is 0.648. The number of likely N-dealkylation sites (tertiary alicyclic amines) is 1. The molecular formula is C24H25FN4O. The van der Waals surface area contributed by atoms with Crippen molar-refractivity contribution in [2.45, 2.75) is 18.8 Å². The van der Waals surface area contributed by atoms with Crippen LogP contribution in [0, 0.1) is 5.82 Å². The van der Waals surface area contributed by atoms with Crippen molar-refractivity contribution in [3.8, 4) is 11.1 Å². The molecule has 3 aromatic rings. The summed E-state index contributed by atoms with van der Waals surface area (Å²) >= 11 is 0. The Kier molecular flexibility index (Phi) is 5.74. The van der Waals surface area contributed by atoms with E-state index in [1.807, 2.05) is 60.4 Å². The number of amides is 1. The SMILES string of the molecule is CN(C)c1ncc(-c2ccc(F)cc2)c([C@H]2CCCN(C(=O)c3ccccc3)C2)n1. The normalized spacial score (nSPS) is 16.4. The van der Waals surface area contributed by atoms with E-state index >= 15 is 0 Å². The van der Waals surface area contributed by atoms with E-state index in [1.165, 1.54) is 12.1 Å². The van der Waals surface area contributed by atoms with Crippen molar-refractivity contribution >= 4 is 11.9 Å². The van der Waals surface area contributed by atoms with Crippen LogP contribution in [-0.2, 0) is 0 Å². The van der Waals surface area contributed by atoms with Gasteiger partial charge in [-0.15, -0.1) is 0 Å². The third kappa shape index (κ3) is 4.17. The van der Waals surface area contributed by atoms with Gasteiger partial charge in [-0.1, -0.05) is 30.3 Å². The predicted octanol–water partition coefficient (Wildman–Crippen LogP) is 4.37. The van der Waals surface area contributed by atoms with Gasteiger partial charge < -0.3 is 9.80 Å². The summed E-state index contributed by atoms with van der Waals surface area (Å²) in [6.45, 7) is 1.34. The Morgan fingerprint density at radius 3 is 2.53 bits per heavy atom. The summed E-state index contributed by atoms with van der Waals surface area (Å²) in [7, 11) is 3.81.